The highest BCUT2D eigenvalue weighted by Gasteiger charge is 2.08. The number of aliphatic hydroxyl groups excluding tert-OH is 1. The highest BCUT2D eigenvalue weighted by Crippen LogP contribution is 2.20. The summed E-state index contributed by atoms with van der Waals surface area (Å²) in [5.41, 5.74) is 0. The Labute approximate surface area is 72.5 Å². The van der Waals surface area contributed by atoms with Crippen molar-refractivity contribution in [2.75, 3.05) is 5.75 Å². The van der Waals surface area contributed by atoms with Crippen LogP contribution in [0.5, 0.6) is 0 Å². The van der Waals surface area contributed by atoms with Crippen LogP contribution < -0.4 is 0 Å². The van der Waals surface area contributed by atoms with Gasteiger partial charge in [0.2, 0.25) is 0 Å². The molecule has 0 aromatic rings. The molecule has 1 atom stereocenters. The van der Waals surface area contributed by atoms with Crippen molar-refractivity contribution in [3.05, 3.63) is 37.6 Å². The van der Waals surface area contributed by atoms with E-state index in [1.807, 2.05) is 6.08 Å². The van der Waals surface area contributed by atoms with Gasteiger partial charge in [0.05, 0.1) is 11.0 Å². The summed E-state index contributed by atoms with van der Waals surface area (Å²) in [6, 6.07) is 0. The molecule has 0 heterocycles. The minimum atomic E-state index is 0.0745. The van der Waals surface area contributed by atoms with E-state index in [9.17, 15) is 0 Å². The number of thioether (sulfide) groups is 1. The van der Waals surface area contributed by atoms with E-state index in [4.69, 9.17) is 5.11 Å². The maximum atomic E-state index is 9.07. The molecule has 1 N–H and O–H groups in total. The first-order valence-electron chi connectivity index (χ1n) is 3.43. The molecule has 0 rings (SSSR count). The smallest absolute Gasteiger partial charge is 0.0984 e. The molecular formula is C9H14OS. The fourth-order valence-corrected chi connectivity index (χ4v) is 1.47. The van der Waals surface area contributed by atoms with Gasteiger partial charge in [0, 0.05) is 5.75 Å². The second-order valence-corrected chi connectivity index (χ2v) is 3.36. The zero-order valence-corrected chi connectivity index (χ0v) is 7.44. The summed E-state index contributed by atoms with van der Waals surface area (Å²) < 4.78 is 0. The first-order chi connectivity index (χ1) is 5.22. The molecule has 0 amide bonds. The van der Waals surface area contributed by atoms with Gasteiger partial charge in [0.1, 0.15) is 0 Å². The van der Waals surface area contributed by atoms with Gasteiger partial charge in [-0.15, -0.1) is 24.9 Å². The zero-order valence-electron chi connectivity index (χ0n) is 6.62. The molecule has 0 saturated heterocycles. The summed E-state index contributed by atoms with van der Waals surface area (Å²) in [5.74, 6) is 1.05. The Kier molecular flexibility index (Phi) is 5.75. The molecule has 0 aliphatic heterocycles. The van der Waals surface area contributed by atoms with Gasteiger partial charge in [-0.3, -0.25) is 0 Å². The minimum Gasteiger partial charge on any atom is -0.512 e. The SMILES string of the molecule is C=CCSC(CC=C)C(=C)O. The molecule has 62 valence electrons. The van der Waals surface area contributed by atoms with E-state index in [0.717, 1.165) is 12.2 Å². The van der Waals surface area contributed by atoms with Gasteiger partial charge in [-0.2, -0.15) is 0 Å². The van der Waals surface area contributed by atoms with Crippen molar-refractivity contribution in [3.8, 4) is 0 Å². The number of hydrogen-bond acceptors (Lipinski definition) is 2. The third-order valence-electron chi connectivity index (χ3n) is 1.17. The molecule has 0 aliphatic carbocycles. The Bertz CT molecular complexity index is 152. The number of aliphatic hydroxyl groups is 1. The van der Waals surface area contributed by atoms with E-state index in [1.165, 1.54) is 0 Å². The average Bonchev–Trinajstić information content (AvgIpc) is 1.97. The number of hydrogen-bond donors (Lipinski definition) is 1. The molecule has 11 heavy (non-hydrogen) atoms. The maximum absolute atomic E-state index is 9.07. The van der Waals surface area contributed by atoms with Crippen LogP contribution in [0.1, 0.15) is 6.42 Å². The van der Waals surface area contributed by atoms with Crippen LogP contribution in [0.15, 0.2) is 37.6 Å². The molecule has 0 aliphatic rings. The van der Waals surface area contributed by atoms with E-state index >= 15 is 0 Å². The lowest BCUT2D eigenvalue weighted by Gasteiger charge is -2.10. The van der Waals surface area contributed by atoms with Gasteiger partial charge >= 0.3 is 0 Å². The van der Waals surface area contributed by atoms with E-state index in [2.05, 4.69) is 19.7 Å². The van der Waals surface area contributed by atoms with Crippen LogP contribution in [0.3, 0.4) is 0 Å². The lowest BCUT2D eigenvalue weighted by atomic mass is 10.3. The third-order valence-corrected chi connectivity index (χ3v) is 2.46. The minimum absolute atomic E-state index is 0.0745. The van der Waals surface area contributed by atoms with Gasteiger partial charge < -0.3 is 5.11 Å². The fourth-order valence-electron chi connectivity index (χ4n) is 0.636. The van der Waals surface area contributed by atoms with Crippen molar-refractivity contribution in [1.82, 2.24) is 0 Å². The third kappa shape index (κ3) is 4.73. The molecule has 0 fully saturated rings. The molecule has 0 spiro atoms. The molecule has 0 radical (unpaired) electrons. The first-order valence-corrected chi connectivity index (χ1v) is 4.48. The molecular weight excluding hydrogens is 156 g/mol. The standard InChI is InChI=1S/C9H14OS/c1-4-6-9(8(3)10)11-7-5-2/h4-5,9-10H,1-3,6-7H2. The number of allylic oxidation sites excluding steroid dienone is 1. The van der Waals surface area contributed by atoms with Crippen molar-refractivity contribution < 1.29 is 5.11 Å². The molecule has 1 unspecified atom stereocenters. The van der Waals surface area contributed by atoms with Crippen LogP contribution in [0.25, 0.3) is 0 Å². The van der Waals surface area contributed by atoms with Gasteiger partial charge in [-0.1, -0.05) is 18.7 Å². The van der Waals surface area contributed by atoms with Crippen LogP contribution in [0.4, 0.5) is 0 Å². The Hall–Kier alpha value is -0.630. The normalized spacial score (nSPS) is 12.0. The fraction of sp³-hybridized carbons (Fsp3) is 0.333. The second kappa shape index (κ2) is 6.10. The van der Waals surface area contributed by atoms with Crippen molar-refractivity contribution in [2.24, 2.45) is 0 Å². The molecule has 2 heteroatoms. The van der Waals surface area contributed by atoms with Crippen LogP contribution in [-0.4, -0.2) is 16.1 Å². The monoisotopic (exact) mass is 170 g/mol. The number of rotatable bonds is 6. The quantitative estimate of drug-likeness (QED) is 0.488. The summed E-state index contributed by atoms with van der Waals surface area (Å²) in [6.07, 6.45) is 4.35. The van der Waals surface area contributed by atoms with E-state index < -0.39 is 0 Å². The van der Waals surface area contributed by atoms with Crippen molar-refractivity contribution in [2.45, 2.75) is 11.7 Å². The largest absolute Gasteiger partial charge is 0.512 e. The Balaban J connectivity index is 3.77. The highest BCUT2D eigenvalue weighted by atomic mass is 32.2. The molecule has 0 bridgehead atoms. The molecule has 0 saturated carbocycles. The van der Waals surface area contributed by atoms with Gasteiger partial charge in [-0.05, 0) is 6.42 Å². The van der Waals surface area contributed by atoms with Crippen molar-refractivity contribution >= 4 is 11.8 Å². The van der Waals surface area contributed by atoms with E-state index in [1.54, 1.807) is 17.8 Å². The first kappa shape index (κ1) is 10.4. The van der Waals surface area contributed by atoms with Gasteiger partial charge in [0.25, 0.3) is 0 Å². The summed E-state index contributed by atoms with van der Waals surface area (Å²) in [4.78, 5) is 0. The van der Waals surface area contributed by atoms with Gasteiger partial charge in [0.15, 0.2) is 0 Å². The Morgan fingerprint density at radius 2 is 2.09 bits per heavy atom. The maximum Gasteiger partial charge on any atom is 0.0984 e. The van der Waals surface area contributed by atoms with E-state index in [-0.39, 0.29) is 11.0 Å². The summed E-state index contributed by atoms with van der Waals surface area (Å²) >= 11 is 1.62. The average molecular weight is 170 g/mol. The van der Waals surface area contributed by atoms with Gasteiger partial charge in [-0.25, -0.2) is 0 Å². The second-order valence-electron chi connectivity index (χ2n) is 2.13. The van der Waals surface area contributed by atoms with Crippen molar-refractivity contribution in [3.63, 3.8) is 0 Å². The van der Waals surface area contributed by atoms with Crippen LogP contribution in [0.2, 0.25) is 0 Å². The predicted molar refractivity (Wildman–Crippen MR) is 53.0 cm³/mol. The molecule has 1 nitrogen and oxygen atoms in total. The van der Waals surface area contributed by atoms with Crippen molar-refractivity contribution in [1.29, 1.82) is 0 Å². The zero-order chi connectivity index (χ0) is 8.69. The lowest BCUT2D eigenvalue weighted by molar-refractivity contribution is 0.397. The topological polar surface area (TPSA) is 20.2 Å². The van der Waals surface area contributed by atoms with Crippen LogP contribution in [0, 0.1) is 0 Å². The van der Waals surface area contributed by atoms with Crippen LogP contribution >= 0.6 is 11.8 Å². The summed E-state index contributed by atoms with van der Waals surface area (Å²) in [6.45, 7) is 10.7. The highest BCUT2D eigenvalue weighted by molar-refractivity contribution is 8.00. The predicted octanol–water partition coefficient (Wildman–Crippen LogP) is 2.92. The lowest BCUT2D eigenvalue weighted by Crippen LogP contribution is -2.04. The summed E-state index contributed by atoms with van der Waals surface area (Å²) in [5, 5.41) is 9.15. The molecule has 0 aromatic carbocycles. The van der Waals surface area contributed by atoms with E-state index in [0.29, 0.717) is 0 Å². The Morgan fingerprint density at radius 3 is 2.45 bits per heavy atom. The molecule has 0 aromatic heterocycles. The Morgan fingerprint density at radius 1 is 1.45 bits per heavy atom. The summed E-state index contributed by atoms with van der Waals surface area (Å²) in [7, 11) is 0. The van der Waals surface area contributed by atoms with Crippen LogP contribution in [-0.2, 0) is 0 Å².